The second-order valence-electron chi connectivity index (χ2n) is 6.92. The number of aromatic nitrogens is 5. The first-order valence-corrected chi connectivity index (χ1v) is 10.1. The Morgan fingerprint density at radius 1 is 1.23 bits per heavy atom. The number of hydrogen-bond acceptors (Lipinski definition) is 9. The summed E-state index contributed by atoms with van der Waals surface area (Å²) in [6, 6.07) is 11.5. The van der Waals surface area contributed by atoms with Crippen LogP contribution in [0.1, 0.15) is 28.5 Å². The van der Waals surface area contributed by atoms with E-state index in [1.165, 1.54) is 18.2 Å². The molecule has 2 aromatic heterocycles. The van der Waals surface area contributed by atoms with Crippen LogP contribution in [0.15, 0.2) is 58.3 Å². The number of benzene rings is 2. The molecule has 0 fully saturated rings. The number of rotatable bonds is 7. The standard InChI is InChI=1S/C21H17F3N8O3/c1-2-34-14-8-5-7-12(10-14)17-16(27-31-32(17)19-18(25)29-35-30-19)20(33)28-26-11-13-6-3-4-9-15(13)21(22,23)24/h3-11H,2H2,1H3,(H2,25,29)(H,28,33). The normalized spacial score (nSPS) is 11.7. The summed E-state index contributed by atoms with van der Waals surface area (Å²) in [4.78, 5) is 12.9. The summed E-state index contributed by atoms with van der Waals surface area (Å²) in [5.74, 6) is -0.456. The second-order valence-corrected chi connectivity index (χ2v) is 6.92. The molecule has 0 saturated heterocycles. The zero-order valence-corrected chi connectivity index (χ0v) is 18.0. The van der Waals surface area contributed by atoms with Gasteiger partial charge in [0.2, 0.25) is 11.6 Å². The predicted octanol–water partition coefficient (Wildman–Crippen LogP) is 3.08. The average molecular weight is 486 g/mol. The molecule has 3 N–H and O–H groups in total. The maximum atomic E-state index is 13.2. The van der Waals surface area contributed by atoms with Crippen LogP contribution in [-0.2, 0) is 6.18 Å². The molecule has 0 unspecified atom stereocenters. The molecule has 35 heavy (non-hydrogen) atoms. The first-order valence-electron chi connectivity index (χ1n) is 10.1. The van der Waals surface area contributed by atoms with Crippen molar-refractivity contribution in [2.75, 3.05) is 12.3 Å². The van der Waals surface area contributed by atoms with Crippen LogP contribution in [0, 0.1) is 0 Å². The van der Waals surface area contributed by atoms with Crippen LogP contribution in [0.2, 0.25) is 0 Å². The van der Waals surface area contributed by atoms with E-state index in [-0.39, 0.29) is 28.6 Å². The number of carbonyl (C=O) groups is 1. The lowest BCUT2D eigenvalue weighted by atomic mass is 10.1. The van der Waals surface area contributed by atoms with E-state index in [9.17, 15) is 18.0 Å². The highest BCUT2D eigenvalue weighted by atomic mass is 19.4. The third-order valence-electron chi connectivity index (χ3n) is 4.64. The van der Waals surface area contributed by atoms with Crippen LogP contribution < -0.4 is 15.9 Å². The monoisotopic (exact) mass is 486 g/mol. The maximum absolute atomic E-state index is 13.2. The Morgan fingerprint density at radius 3 is 2.74 bits per heavy atom. The zero-order chi connectivity index (χ0) is 25.0. The molecule has 1 amide bonds. The van der Waals surface area contributed by atoms with E-state index < -0.39 is 17.6 Å². The molecule has 0 bridgehead atoms. The largest absolute Gasteiger partial charge is 0.494 e. The SMILES string of the molecule is CCOc1cccc(-c2c(C(=O)NN=Cc3ccccc3C(F)(F)F)nnn2-c2nonc2N)c1. The molecule has 0 saturated carbocycles. The Labute approximate surface area is 195 Å². The molecule has 4 aromatic rings. The highest BCUT2D eigenvalue weighted by Gasteiger charge is 2.32. The van der Waals surface area contributed by atoms with Gasteiger partial charge in [-0.25, -0.2) is 10.1 Å². The summed E-state index contributed by atoms with van der Waals surface area (Å²) >= 11 is 0. The molecular weight excluding hydrogens is 469 g/mol. The highest BCUT2D eigenvalue weighted by Crippen LogP contribution is 2.31. The van der Waals surface area contributed by atoms with Gasteiger partial charge in [-0.3, -0.25) is 4.79 Å². The number of halogens is 3. The summed E-state index contributed by atoms with van der Waals surface area (Å²) in [5.41, 5.74) is 7.23. The number of carbonyl (C=O) groups excluding carboxylic acids is 1. The van der Waals surface area contributed by atoms with Gasteiger partial charge in [-0.2, -0.15) is 23.0 Å². The van der Waals surface area contributed by atoms with Gasteiger partial charge < -0.3 is 10.5 Å². The van der Waals surface area contributed by atoms with Crippen molar-refractivity contribution in [2.24, 2.45) is 5.10 Å². The number of nitrogen functional groups attached to an aromatic ring is 1. The summed E-state index contributed by atoms with van der Waals surface area (Å²) in [7, 11) is 0. The number of amides is 1. The molecule has 2 aromatic carbocycles. The zero-order valence-electron chi connectivity index (χ0n) is 18.0. The minimum atomic E-state index is -4.58. The van der Waals surface area contributed by atoms with Gasteiger partial charge in [-0.15, -0.1) is 5.10 Å². The average Bonchev–Trinajstić information content (AvgIpc) is 3.45. The fourth-order valence-corrected chi connectivity index (χ4v) is 3.16. The number of nitrogens with one attached hydrogen (secondary N) is 1. The molecular formula is C21H17F3N8O3. The van der Waals surface area contributed by atoms with Gasteiger partial charge in [-0.1, -0.05) is 35.5 Å². The molecule has 0 aliphatic heterocycles. The smallest absolute Gasteiger partial charge is 0.417 e. The Hall–Kier alpha value is -4.75. The van der Waals surface area contributed by atoms with Crippen molar-refractivity contribution in [2.45, 2.75) is 13.1 Å². The molecule has 0 radical (unpaired) electrons. The van der Waals surface area contributed by atoms with Crippen molar-refractivity contribution in [1.82, 2.24) is 30.7 Å². The van der Waals surface area contributed by atoms with Crippen molar-refractivity contribution in [3.63, 3.8) is 0 Å². The molecule has 11 nitrogen and oxygen atoms in total. The van der Waals surface area contributed by atoms with Gasteiger partial charge in [-0.05, 0) is 35.4 Å². The van der Waals surface area contributed by atoms with Crippen LogP contribution in [0.3, 0.4) is 0 Å². The van der Waals surface area contributed by atoms with E-state index >= 15 is 0 Å². The molecule has 0 atom stereocenters. The van der Waals surface area contributed by atoms with Gasteiger partial charge >= 0.3 is 6.18 Å². The highest BCUT2D eigenvalue weighted by molar-refractivity contribution is 5.99. The number of alkyl halides is 3. The van der Waals surface area contributed by atoms with Crippen molar-refractivity contribution in [3.8, 4) is 22.8 Å². The van der Waals surface area contributed by atoms with Crippen molar-refractivity contribution < 1.29 is 27.3 Å². The number of nitrogens with two attached hydrogens (primary N) is 1. The third-order valence-corrected chi connectivity index (χ3v) is 4.64. The summed E-state index contributed by atoms with van der Waals surface area (Å²) in [5, 5.41) is 18.7. The Morgan fingerprint density at radius 2 is 2.03 bits per heavy atom. The van der Waals surface area contributed by atoms with Gasteiger partial charge in [0.05, 0.1) is 18.4 Å². The van der Waals surface area contributed by atoms with Gasteiger partial charge in [0.15, 0.2) is 5.69 Å². The first kappa shape index (κ1) is 23.4. The van der Waals surface area contributed by atoms with Crippen molar-refractivity contribution >= 4 is 17.9 Å². The van der Waals surface area contributed by atoms with Crippen LogP contribution in [0.25, 0.3) is 17.1 Å². The first-order chi connectivity index (χ1) is 16.8. The predicted molar refractivity (Wildman–Crippen MR) is 117 cm³/mol. The van der Waals surface area contributed by atoms with E-state index in [0.717, 1.165) is 17.0 Å². The summed E-state index contributed by atoms with van der Waals surface area (Å²) in [6.45, 7) is 2.22. The molecule has 0 aliphatic rings. The van der Waals surface area contributed by atoms with Crippen LogP contribution in [-0.4, -0.2) is 44.0 Å². The number of hydrazone groups is 1. The van der Waals surface area contributed by atoms with Crippen molar-refractivity contribution in [3.05, 3.63) is 65.4 Å². The van der Waals surface area contributed by atoms with E-state index in [1.807, 2.05) is 6.92 Å². The molecule has 14 heteroatoms. The minimum Gasteiger partial charge on any atom is -0.494 e. The molecule has 0 aliphatic carbocycles. The lowest BCUT2D eigenvalue weighted by Crippen LogP contribution is -2.20. The fraction of sp³-hybridized carbons (Fsp3) is 0.143. The summed E-state index contributed by atoms with van der Waals surface area (Å²) in [6.07, 6.45) is -3.69. The Balaban J connectivity index is 1.70. The van der Waals surface area contributed by atoms with Crippen LogP contribution in [0.4, 0.5) is 19.0 Å². The maximum Gasteiger partial charge on any atom is 0.417 e. The molecule has 4 rings (SSSR count). The third kappa shape index (κ3) is 4.95. The van der Waals surface area contributed by atoms with Gasteiger partial charge in [0.1, 0.15) is 11.4 Å². The fourth-order valence-electron chi connectivity index (χ4n) is 3.16. The number of hydrogen-bond donors (Lipinski definition) is 2. The lowest BCUT2D eigenvalue weighted by molar-refractivity contribution is -0.137. The molecule has 180 valence electrons. The van der Waals surface area contributed by atoms with E-state index in [2.05, 4.69) is 35.8 Å². The van der Waals surface area contributed by atoms with Gasteiger partial charge in [0.25, 0.3) is 5.91 Å². The Bertz CT molecular complexity index is 1380. The topological polar surface area (TPSA) is 146 Å². The Kier molecular flexibility index (Phi) is 6.44. The van der Waals surface area contributed by atoms with E-state index in [0.29, 0.717) is 17.9 Å². The number of nitrogens with zero attached hydrogens (tertiary/aromatic N) is 6. The van der Waals surface area contributed by atoms with Crippen LogP contribution >= 0.6 is 0 Å². The minimum absolute atomic E-state index is 0.0176. The molecule has 0 spiro atoms. The van der Waals surface area contributed by atoms with Crippen molar-refractivity contribution in [1.29, 1.82) is 0 Å². The van der Waals surface area contributed by atoms with E-state index in [4.69, 9.17) is 10.5 Å². The van der Waals surface area contributed by atoms with E-state index in [1.54, 1.807) is 24.3 Å². The summed E-state index contributed by atoms with van der Waals surface area (Å²) < 4.78 is 50.8. The quantitative estimate of drug-likeness (QED) is 0.299. The number of ether oxygens (including phenoxy) is 1. The van der Waals surface area contributed by atoms with Gasteiger partial charge in [0, 0.05) is 11.1 Å². The second kappa shape index (κ2) is 9.62. The number of anilines is 1. The lowest BCUT2D eigenvalue weighted by Gasteiger charge is -2.09. The van der Waals surface area contributed by atoms with Crippen LogP contribution in [0.5, 0.6) is 5.75 Å². The molecule has 2 heterocycles.